The Kier molecular flexibility index (Phi) is 55.2. The van der Waals surface area contributed by atoms with Gasteiger partial charge in [-0.2, -0.15) is 0 Å². The van der Waals surface area contributed by atoms with Gasteiger partial charge in [0.1, 0.15) is 13.2 Å². The third kappa shape index (κ3) is 55.0. The molecule has 396 valence electrons. The summed E-state index contributed by atoms with van der Waals surface area (Å²) in [6.45, 7) is 6.70. The molecular formula is C61H116O6. The van der Waals surface area contributed by atoms with Crippen molar-refractivity contribution in [3.8, 4) is 0 Å². The van der Waals surface area contributed by atoms with Crippen molar-refractivity contribution in [2.45, 2.75) is 348 Å². The van der Waals surface area contributed by atoms with Gasteiger partial charge in [-0.1, -0.05) is 290 Å². The minimum atomic E-state index is -0.764. The van der Waals surface area contributed by atoms with E-state index in [0.29, 0.717) is 19.3 Å². The third-order valence-electron chi connectivity index (χ3n) is 13.8. The quantitative estimate of drug-likeness (QED) is 0.0262. The summed E-state index contributed by atoms with van der Waals surface area (Å²) in [6, 6.07) is 0. The molecule has 1 atom stereocenters. The molecule has 0 rings (SSSR count). The van der Waals surface area contributed by atoms with Gasteiger partial charge in [0.05, 0.1) is 0 Å². The smallest absolute Gasteiger partial charge is 0.306 e. The van der Waals surface area contributed by atoms with Gasteiger partial charge in [-0.3, -0.25) is 14.4 Å². The Morgan fingerprint density at radius 2 is 0.493 bits per heavy atom. The molecule has 0 unspecified atom stereocenters. The fraction of sp³-hybridized carbons (Fsp3) is 0.918. The van der Waals surface area contributed by atoms with Gasteiger partial charge in [0.15, 0.2) is 6.10 Å². The minimum Gasteiger partial charge on any atom is -0.462 e. The van der Waals surface area contributed by atoms with E-state index < -0.39 is 6.10 Å². The van der Waals surface area contributed by atoms with Crippen molar-refractivity contribution in [3.05, 3.63) is 12.2 Å². The van der Waals surface area contributed by atoms with Crippen LogP contribution in [0.15, 0.2) is 12.2 Å². The average Bonchev–Trinajstić information content (AvgIpc) is 3.33. The Bertz CT molecular complexity index is 1040. The molecule has 0 N–H and O–H groups in total. The average molecular weight is 946 g/mol. The molecule has 0 aliphatic rings. The molecule has 67 heavy (non-hydrogen) atoms. The lowest BCUT2D eigenvalue weighted by atomic mass is 10.0. The molecule has 0 saturated carbocycles. The van der Waals surface area contributed by atoms with Gasteiger partial charge in [-0.25, -0.2) is 0 Å². The van der Waals surface area contributed by atoms with E-state index in [4.69, 9.17) is 14.2 Å². The lowest BCUT2D eigenvalue weighted by Gasteiger charge is -2.18. The Balaban J connectivity index is 4.26. The van der Waals surface area contributed by atoms with Crippen molar-refractivity contribution in [1.29, 1.82) is 0 Å². The Hall–Kier alpha value is -1.85. The van der Waals surface area contributed by atoms with Crippen molar-refractivity contribution in [3.63, 3.8) is 0 Å². The van der Waals surface area contributed by atoms with Gasteiger partial charge >= 0.3 is 17.9 Å². The number of carbonyl (C=O) groups is 3. The highest BCUT2D eigenvalue weighted by molar-refractivity contribution is 5.71. The molecule has 0 aromatic carbocycles. The second kappa shape index (κ2) is 56.7. The number of hydrogen-bond acceptors (Lipinski definition) is 6. The SMILES string of the molecule is CCCCCCCC/C=C\CCCCCCCCCCCCCC(=O)OC[C@H](COC(=O)CCCCCCCCCCCCCCC)OC(=O)CCCCCCCCCCCCCCCCC. The van der Waals surface area contributed by atoms with Crippen LogP contribution in [0.25, 0.3) is 0 Å². The van der Waals surface area contributed by atoms with Crippen molar-refractivity contribution in [2.75, 3.05) is 13.2 Å². The summed E-state index contributed by atoms with van der Waals surface area (Å²) in [7, 11) is 0. The van der Waals surface area contributed by atoms with Gasteiger partial charge in [0, 0.05) is 19.3 Å². The van der Waals surface area contributed by atoms with Gasteiger partial charge in [0.25, 0.3) is 0 Å². The molecule has 0 bridgehead atoms. The predicted molar refractivity (Wildman–Crippen MR) is 289 cm³/mol. The first-order valence-corrected chi connectivity index (χ1v) is 30.2. The summed E-state index contributed by atoms with van der Waals surface area (Å²) in [6.07, 6.45) is 64.9. The van der Waals surface area contributed by atoms with Crippen LogP contribution in [0.4, 0.5) is 0 Å². The van der Waals surface area contributed by atoms with Crippen LogP contribution in [0.2, 0.25) is 0 Å². The summed E-state index contributed by atoms with van der Waals surface area (Å²) < 4.78 is 16.9. The Morgan fingerprint density at radius 3 is 0.746 bits per heavy atom. The Morgan fingerprint density at radius 1 is 0.284 bits per heavy atom. The lowest BCUT2D eigenvalue weighted by Crippen LogP contribution is -2.30. The molecule has 0 spiro atoms. The number of rotatable bonds is 56. The second-order valence-corrected chi connectivity index (χ2v) is 20.6. The lowest BCUT2D eigenvalue weighted by molar-refractivity contribution is -0.167. The van der Waals surface area contributed by atoms with Crippen LogP contribution in [-0.4, -0.2) is 37.2 Å². The van der Waals surface area contributed by atoms with E-state index in [0.717, 1.165) is 57.8 Å². The molecule has 0 aliphatic heterocycles. The summed E-state index contributed by atoms with van der Waals surface area (Å²) >= 11 is 0. The van der Waals surface area contributed by atoms with E-state index >= 15 is 0 Å². The molecule has 0 fully saturated rings. The van der Waals surface area contributed by atoms with Gasteiger partial charge in [-0.05, 0) is 44.9 Å². The topological polar surface area (TPSA) is 78.9 Å². The summed E-state index contributed by atoms with van der Waals surface area (Å²) in [4.78, 5) is 38.2. The first-order chi connectivity index (χ1) is 33.0. The maximum Gasteiger partial charge on any atom is 0.306 e. The highest BCUT2D eigenvalue weighted by atomic mass is 16.6. The monoisotopic (exact) mass is 945 g/mol. The number of unbranched alkanes of at least 4 members (excludes halogenated alkanes) is 43. The highest BCUT2D eigenvalue weighted by Crippen LogP contribution is 2.17. The second-order valence-electron chi connectivity index (χ2n) is 20.6. The zero-order chi connectivity index (χ0) is 48.6. The van der Waals surface area contributed by atoms with Crippen LogP contribution in [0.5, 0.6) is 0 Å². The first-order valence-electron chi connectivity index (χ1n) is 30.2. The van der Waals surface area contributed by atoms with Crippen molar-refractivity contribution < 1.29 is 28.6 Å². The molecule has 6 nitrogen and oxygen atoms in total. The molecule has 0 aromatic rings. The van der Waals surface area contributed by atoms with Gasteiger partial charge in [0.2, 0.25) is 0 Å². The zero-order valence-corrected chi connectivity index (χ0v) is 45.5. The van der Waals surface area contributed by atoms with E-state index in [-0.39, 0.29) is 31.1 Å². The summed E-state index contributed by atoms with van der Waals surface area (Å²) in [5, 5.41) is 0. The van der Waals surface area contributed by atoms with Gasteiger partial charge < -0.3 is 14.2 Å². The van der Waals surface area contributed by atoms with E-state index in [1.54, 1.807) is 0 Å². The standard InChI is InChI=1S/C61H116O6/c1-4-7-10-13-16-19-22-25-27-28-29-30-31-32-34-36-39-42-45-48-51-54-60(63)66-57-58(56-65-59(62)53-50-47-44-41-38-35-24-21-18-15-12-9-6-3)67-61(64)55-52-49-46-43-40-37-33-26-23-20-17-14-11-8-5-2/h25,27,58H,4-24,26,28-57H2,1-3H3/b27-25-/t58-/m0/s1. The number of allylic oxidation sites excluding steroid dienone is 2. The fourth-order valence-corrected chi connectivity index (χ4v) is 9.21. The van der Waals surface area contributed by atoms with Crippen LogP contribution in [-0.2, 0) is 28.6 Å². The zero-order valence-electron chi connectivity index (χ0n) is 45.5. The van der Waals surface area contributed by atoms with Gasteiger partial charge in [-0.15, -0.1) is 0 Å². The highest BCUT2D eigenvalue weighted by Gasteiger charge is 2.19. The molecule has 6 heteroatoms. The molecule has 0 saturated heterocycles. The van der Waals surface area contributed by atoms with E-state index in [1.165, 1.54) is 244 Å². The van der Waals surface area contributed by atoms with Crippen LogP contribution < -0.4 is 0 Å². The van der Waals surface area contributed by atoms with Crippen LogP contribution >= 0.6 is 0 Å². The number of ether oxygens (including phenoxy) is 3. The molecule has 0 aromatic heterocycles. The third-order valence-corrected chi connectivity index (χ3v) is 13.8. The van der Waals surface area contributed by atoms with Crippen LogP contribution in [0.3, 0.4) is 0 Å². The van der Waals surface area contributed by atoms with Crippen molar-refractivity contribution >= 4 is 17.9 Å². The molecular weight excluding hydrogens is 829 g/mol. The minimum absolute atomic E-state index is 0.0636. The maximum absolute atomic E-state index is 12.9. The number of carbonyl (C=O) groups excluding carboxylic acids is 3. The molecule has 0 aliphatic carbocycles. The molecule has 0 amide bonds. The van der Waals surface area contributed by atoms with E-state index in [2.05, 4.69) is 32.9 Å². The first kappa shape index (κ1) is 65.1. The van der Waals surface area contributed by atoms with Crippen molar-refractivity contribution in [2.24, 2.45) is 0 Å². The number of hydrogen-bond donors (Lipinski definition) is 0. The van der Waals surface area contributed by atoms with E-state index in [1.807, 2.05) is 0 Å². The number of esters is 3. The molecule has 0 radical (unpaired) electrons. The molecule has 0 heterocycles. The predicted octanol–water partition coefficient (Wildman–Crippen LogP) is 20.1. The van der Waals surface area contributed by atoms with E-state index in [9.17, 15) is 14.4 Å². The fourth-order valence-electron chi connectivity index (χ4n) is 9.21. The van der Waals surface area contributed by atoms with Crippen LogP contribution in [0, 0.1) is 0 Å². The summed E-state index contributed by atoms with van der Waals surface area (Å²) in [5.41, 5.74) is 0. The maximum atomic E-state index is 12.9. The largest absolute Gasteiger partial charge is 0.462 e. The Labute approximate surface area is 418 Å². The summed E-state index contributed by atoms with van der Waals surface area (Å²) in [5.74, 6) is -0.838. The van der Waals surface area contributed by atoms with Crippen LogP contribution in [0.1, 0.15) is 342 Å². The normalized spacial score (nSPS) is 12.0. The van der Waals surface area contributed by atoms with Crippen molar-refractivity contribution in [1.82, 2.24) is 0 Å².